The van der Waals surface area contributed by atoms with Crippen molar-refractivity contribution in [3.05, 3.63) is 48.3 Å². The minimum atomic E-state index is -0.633. The summed E-state index contributed by atoms with van der Waals surface area (Å²) in [6.45, 7) is 1.91. The van der Waals surface area contributed by atoms with E-state index in [2.05, 4.69) is 10.6 Å². The Morgan fingerprint density at radius 2 is 2.07 bits per heavy atom. The van der Waals surface area contributed by atoms with Gasteiger partial charge in [0.2, 0.25) is 5.91 Å². The first-order valence-electron chi connectivity index (χ1n) is 8.68. The standard InChI is InChI=1S/C19H19FN4O4S/c1-11(25)23-12-2-5-14(6-3-12)27-17-7-4-13(8-16(17)20)24-10-15(28-19(24)26)9-22-18(21)29/h2-8,15H,9-10H2,1H3,(H,23,25)(H3,21,22,29)/t15-/m0/s1. The maximum Gasteiger partial charge on any atom is 0.414 e. The number of anilines is 2. The number of hydrogen-bond acceptors (Lipinski definition) is 5. The van der Waals surface area contributed by atoms with Crippen molar-refractivity contribution in [2.24, 2.45) is 5.73 Å². The second-order valence-corrected chi connectivity index (χ2v) is 6.72. The highest BCUT2D eigenvalue weighted by Gasteiger charge is 2.32. The Morgan fingerprint density at radius 3 is 2.69 bits per heavy atom. The molecule has 3 rings (SSSR count). The maximum atomic E-state index is 14.5. The Kier molecular flexibility index (Phi) is 6.13. The number of rotatable bonds is 6. The molecule has 0 aromatic heterocycles. The van der Waals surface area contributed by atoms with Crippen molar-refractivity contribution in [2.75, 3.05) is 23.3 Å². The van der Waals surface area contributed by atoms with E-state index in [4.69, 9.17) is 27.4 Å². The predicted octanol–water partition coefficient (Wildman–Crippen LogP) is 2.73. The van der Waals surface area contributed by atoms with E-state index in [1.54, 1.807) is 30.3 Å². The van der Waals surface area contributed by atoms with E-state index in [0.717, 1.165) is 0 Å². The Morgan fingerprint density at radius 1 is 1.34 bits per heavy atom. The molecule has 0 unspecified atom stereocenters. The summed E-state index contributed by atoms with van der Waals surface area (Å²) in [5.41, 5.74) is 6.31. The molecular formula is C19H19FN4O4S. The molecule has 152 valence electrons. The third-order valence-electron chi connectivity index (χ3n) is 4.01. The number of amides is 2. The Hall–Kier alpha value is -3.40. The van der Waals surface area contributed by atoms with Gasteiger partial charge in [-0.25, -0.2) is 9.18 Å². The molecule has 0 saturated carbocycles. The number of thiocarbonyl (C=S) groups is 1. The first kappa shape index (κ1) is 20.3. The molecule has 10 heteroatoms. The Bertz CT molecular complexity index is 938. The van der Waals surface area contributed by atoms with Crippen LogP contribution in [0.15, 0.2) is 42.5 Å². The van der Waals surface area contributed by atoms with Crippen LogP contribution >= 0.6 is 12.2 Å². The number of nitrogens with two attached hydrogens (primary N) is 1. The number of cyclic esters (lactones) is 1. The summed E-state index contributed by atoms with van der Waals surface area (Å²) in [5, 5.41) is 5.47. The van der Waals surface area contributed by atoms with Gasteiger partial charge in [0.05, 0.1) is 18.8 Å². The van der Waals surface area contributed by atoms with Crippen LogP contribution in [0.25, 0.3) is 0 Å². The summed E-state index contributed by atoms with van der Waals surface area (Å²) >= 11 is 4.72. The Balaban J connectivity index is 1.66. The molecule has 1 atom stereocenters. The fourth-order valence-corrected chi connectivity index (χ4v) is 2.81. The highest BCUT2D eigenvalue weighted by molar-refractivity contribution is 7.80. The van der Waals surface area contributed by atoms with Crippen molar-refractivity contribution in [1.82, 2.24) is 5.32 Å². The van der Waals surface area contributed by atoms with Crippen LogP contribution in [0.1, 0.15) is 6.92 Å². The van der Waals surface area contributed by atoms with Gasteiger partial charge in [0.25, 0.3) is 0 Å². The van der Waals surface area contributed by atoms with Crippen molar-refractivity contribution in [2.45, 2.75) is 13.0 Å². The van der Waals surface area contributed by atoms with E-state index in [9.17, 15) is 14.0 Å². The first-order chi connectivity index (χ1) is 13.8. The second-order valence-electron chi connectivity index (χ2n) is 6.28. The van der Waals surface area contributed by atoms with E-state index < -0.39 is 18.0 Å². The first-order valence-corrected chi connectivity index (χ1v) is 9.09. The molecule has 2 aromatic rings. The minimum absolute atomic E-state index is 0.000267. The number of carbonyl (C=O) groups excluding carboxylic acids is 2. The van der Waals surface area contributed by atoms with Gasteiger partial charge in [-0.05, 0) is 48.6 Å². The molecule has 8 nitrogen and oxygen atoms in total. The lowest BCUT2D eigenvalue weighted by atomic mass is 10.2. The summed E-state index contributed by atoms with van der Waals surface area (Å²) in [6, 6.07) is 10.7. The molecule has 0 bridgehead atoms. The molecule has 2 aromatic carbocycles. The van der Waals surface area contributed by atoms with Gasteiger partial charge >= 0.3 is 6.09 Å². The molecule has 29 heavy (non-hydrogen) atoms. The fourth-order valence-electron chi connectivity index (χ4n) is 2.73. The molecule has 1 saturated heterocycles. The van der Waals surface area contributed by atoms with Gasteiger partial charge < -0.3 is 25.8 Å². The molecule has 2 amide bonds. The smallest absolute Gasteiger partial charge is 0.414 e. The summed E-state index contributed by atoms with van der Waals surface area (Å²) in [5.74, 6) is -0.425. The van der Waals surface area contributed by atoms with Crippen molar-refractivity contribution in [3.63, 3.8) is 0 Å². The number of carbonyl (C=O) groups is 2. The number of halogens is 1. The SMILES string of the molecule is CC(=O)Nc1ccc(Oc2ccc(N3C[C@H](CNC(N)=S)OC3=O)cc2F)cc1. The minimum Gasteiger partial charge on any atom is -0.454 e. The van der Waals surface area contributed by atoms with Gasteiger partial charge in [0.1, 0.15) is 11.9 Å². The molecule has 1 heterocycles. The number of hydrogen-bond donors (Lipinski definition) is 3. The van der Waals surface area contributed by atoms with Crippen molar-refractivity contribution >= 4 is 40.7 Å². The summed E-state index contributed by atoms with van der Waals surface area (Å²) < 4.78 is 25.3. The van der Waals surface area contributed by atoms with Crippen LogP contribution in [0.4, 0.5) is 20.6 Å². The molecule has 1 aliphatic rings. The van der Waals surface area contributed by atoms with Gasteiger partial charge in [0.15, 0.2) is 16.7 Å². The number of nitrogens with one attached hydrogen (secondary N) is 2. The zero-order valence-electron chi connectivity index (χ0n) is 15.5. The molecule has 0 spiro atoms. The summed E-state index contributed by atoms with van der Waals surface area (Å²) in [7, 11) is 0. The third kappa shape index (κ3) is 5.32. The van der Waals surface area contributed by atoms with Gasteiger partial charge in [-0.15, -0.1) is 0 Å². The van der Waals surface area contributed by atoms with E-state index in [1.807, 2.05) is 0 Å². The monoisotopic (exact) mass is 418 g/mol. The van der Waals surface area contributed by atoms with Gasteiger partial charge in [-0.1, -0.05) is 0 Å². The summed E-state index contributed by atoms with van der Waals surface area (Å²) in [4.78, 5) is 24.4. The topological polar surface area (TPSA) is 106 Å². The van der Waals surface area contributed by atoms with Gasteiger partial charge in [-0.2, -0.15) is 0 Å². The zero-order chi connectivity index (χ0) is 21.0. The van der Waals surface area contributed by atoms with Crippen molar-refractivity contribution in [3.8, 4) is 11.5 Å². The molecule has 1 aliphatic heterocycles. The normalized spacial score (nSPS) is 15.6. The zero-order valence-corrected chi connectivity index (χ0v) is 16.3. The van der Waals surface area contributed by atoms with E-state index in [0.29, 0.717) is 17.1 Å². The molecule has 0 aliphatic carbocycles. The highest BCUT2D eigenvalue weighted by atomic mass is 32.1. The molecule has 0 radical (unpaired) electrons. The lowest BCUT2D eigenvalue weighted by Crippen LogP contribution is -2.37. The van der Waals surface area contributed by atoms with Crippen LogP contribution in [0.2, 0.25) is 0 Å². The average molecular weight is 418 g/mol. The van der Waals surface area contributed by atoms with E-state index >= 15 is 0 Å². The summed E-state index contributed by atoms with van der Waals surface area (Å²) in [6.07, 6.45) is -1.04. The van der Waals surface area contributed by atoms with Crippen molar-refractivity contribution in [1.29, 1.82) is 0 Å². The van der Waals surface area contributed by atoms with Crippen LogP contribution < -0.4 is 26.0 Å². The lowest BCUT2D eigenvalue weighted by molar-refractivity contribution is -0.114. The largest absolute Gasteiger partial charge is 0.454 e. The van der Waals surface area contributed by atoms with Gasteiger partial charge in [-0.3, -0.25) is 9.69 Å². The predicted molar refractivity (Wildman–Crippen MR) is 110 cm³/mol. The van der Waals surface area contributed by atoms with Crippen LogP contribution in [-0.4, -0.2) is 36.3 Å². The number of benzene rings is 2. The Labute approximate surface area is 171 Å². The fraction of sp³-hybridized carbons (Fsp3) is 0.211. The lowest BCUT2D eigenvalue weighted by Gasteiger charge is -2.15. The third-order valence-corrected chi connectivity index (χ3v) is 4.15. The second kappa shape index (κ2) is 8.74. The van der Waals surface area contributed by atoms with Gasteiger partial charge in [0, 0.05) is 18.7 Å². The number of nitrogens with zero attached hydrogens (tertiary/aromatic N) is 1. The van der Waals surface area contributed by atoms with Crippen LogP contribution in [-0.2, 0) is 9.53 Å². The quantitative estimate of drug-likeness (QED) is 0.620. The highest BCUT2D eigenvalue weighted by Crippen LogP contribution is 2.30. The van der Waals surface area contributed by atoms with Crippen molar-refractivity contribution < 1.29 is 23.5 Å². The van der Waals surface area contributed by atoms with Crippen LogP contribution in [0.5, 0.6) is 11.5 Å². The van der Waals surface area contributed by atoms with Crippen LogP contribution in [0.3, 0.4) is 0 Å². The molecule has 1 fully saturated rings. The number of ether oxygens (including phenoxy) is 2. The van der Waals surface area contributed by atoms with Crippen LogP contribution in [0, 0.1) is 5.82 Å². The maximum absolute atomic E-state index is 14.5. The molecular weight excluding hydrogens is 399 g/mol. The van der Waals surface area contributed by atoms with E-state index in [1.165, 1.54) is 24.0 Å². The van der Waals surface area contributed by atoms with E-state index in [-0.39, 0.29) is 29.9 Å². The molecule has 4 N–H and O–H groups in total. The average Bonchev–Trinajstić information content (AvgIpc) is 3.03.